The molecule has 0 spiro atoms. The van der Waals surface area contributed by atoms with E-state index in [1.165, 1.54) is 18.2 Å². The molecule has 0 fully saturated rings. The minimum atomic E-state index is -3.60. The van der Waals surface area contributed by atoms with Crippen LogP contribution < -0.4 is 0 Å². The molecule has 0 radical (unpaired) electrons. The highest BCUT2D eigenvalue weighted by Gasteiger charge is 2.43. The van der Waals surface area contributed by atoms with Crippen molar-refractivity contribution in [2.45, 2.75) is 8.67 Å². The van der Waals surface area contributed by atoms with Crippen molar-refractivity contribution < 1.29 is 17.9 Å². The van der Waals surface area contributed by atoms with Crippen LogP contribution in [0.3, 0.4) is 0 Å². The molecule has 0 aliphatic rings. The fourth-order valence-electron chi connectivity index (χ4n) is 1.07. The summed E-state index contributed by atoms with van der Waals surface area (Å²) >= 11 is 5.77. The van der Waals surface area contributed by atoms with Gasteiger partial charge in [0.25, 0.3) is 0 Å². The van der Waals surface area contributed by atoms with Crippen molar-refractivity contribution in [2.24, 2.45) is 0 Å². The number of alkyl halides is 2. The van der Waals surface area contributed by atoms with Gasteiger partial charge in [-0.15, -0.1) is 0 Å². The maximum Gasteiger partial charge on any atom is 0.210 e. The highest BCUT2D eigenvalue weighted by molar-refractivity contribution is 9.27. The summed E-state index contributed by atoms with van der Waals surface area (Å²) in [5, 5.41) is 9.87. The van der Waals surface area contributed by atoms with Crippen LogP contribution in [0.4, 0.5) is 4.39 Å². The summed E-state index contributed by atoms with van der Waals surface area (Å²) in [6.07, 6.45) is -0.461. The molecule has 0 saturated heterocycles. The van der Waals surface area contributed by atoms with E-state index in [-0.39, 0.29) is 5.56 Å². The van der Waals surface area contributed by atoms with Crippen LogP contribution >= 0.6 is 31.9 Å². The third-order valence-electron chi connectivity index (χ3n) is 1.98. The van der Waals surface area contributed by atoms with Gasteiger partial charge in [0.15, 0.2) is 9.84 Å². The van der Waals surface area contributed by atoms with Crippen LogP contribution in [-0.2, 0) is 9.84 Å². The monoisotopic (exact) mass is 374 g/mol. The highest BCUT2D eigenvalue weighted by Crippen LogP contribution is 2.43. The summed E-state index contributed by atoms with van der Waals surface area (Å²) in [5.74, 6) is -0.541. The van der Waals surface area contributed by atoms with E-state index < -0.39 is 24.3 Å². The zero-order valence-corrected chi connectivity index (χ0v) is 12.2. The van der Waals surface area contributed by atoms with Crippen LogP contribution in [0, 0.1) is 5.82 Å². The van der Waals surface area contributed by atoms with Gasteiger partial charge in [0.05, 0.1) is 0 Å². The molecule has 1 rings (SSSR count). The summed E-state index contributed by atoms with van der Waals surface area (Å²) in [6.45, 7) is 0. The molecule has 16 heavy (non-hydrogen) atoms. The van der Waals surface area contributed by atoms with Gasteiger partial charge in [-0.25, -0.2) is 12.8 Å². The molecule has 3 nitrogen and oxygen atoms in total. The number of aliphatic hydroxyl groups excluding tert-OH is 1. The molecule has 0 aliphatic heterocycles. The van der Waals surface area contributed by atoms with E-state index in [1.54, 1.807) is 0 Å². The Bertz CT molecular complexity index is 487. The standard InChI is InChI=1S/C9H9Br2FO3S/c1-16(14,15)9(10,11)8(13)6-3-2-4-7(12)5-6/h2-5,8,13H,1H3/t8-/m1/s1. The third-order valence-corrected chi connectivity index (χ3v) is 7.58. The summed E-state index contributed by atoms with van der Waals surface area (Å²) in [4.78, 5) is 0. The molecule has 0 aliphatic carbocycles. The Morgan fingerprint density at radius 3 is 2.44 bits per heavy atom. The number of halogens is 3. The van der Waals surface area contributed by atoms with Gasteiger partial charge < -0.3 is 5.11 Å². The predicted octanol–water partition coefficient (Wildman–Crippen LogP) is 2.35. The number of rotatable bonds is 3. The molecule has 7 heteroatoms. The minimum absolute atomic E-state index is 0.166. The maximum atomic E-state index is 12.9. The first-order valence-electron chi connectivity index (χ1n) is 4.17. The van der Waals surface area contributed by atoms with E-state index in [0.717, 1.165) is 12.3 Å². The Balaban J connectivity index is 3.17. The summed E-state index contributed by atoms with van der Waals surface area (Å²) in [5.41, 5.74) is 0.166. The molecular formula is C9H9Br2FO3S. The predicted molar refractivity (Wildman–Crippen MR) is 66.8 cm³/mol. The Labute approximate surface area is 110 Å². The molecule has 1 atom stereocenters. The first-order valence-corrected chi connectivity index (χ1v) is 7.65. The van der Waals surface area contributed by atoms with Gasteiger partial charge in [-0.1, -0.05) is 44.0 Å². The summed E-state index contributed by atoms with van der Waals surface area (Å²) in [6, 6.07) is 5.12. The summed E-state index contributed by atoms with van der Waals surface area (Å²) in [7, 11) is -3.60. The molecule has 0 heterocycles. The summed E-state index contributed by atoms with van der Waals surface area (Å²) < 4.78 is 34.0. The van der Waals surface area contributed by atoms with E-state index in [9.17, 15) is 17.9 Å². The van der Waals surface area contributed by atoms with Gasteiger partial charge >= 0.3 is 0 Å². The average molecular weight is 376 g/mol. The number of hydrogen-bond acceptors (Lipinski definition) is 3. The average Bonchev–Trinajstić information content (AvgIpc) is 2.14. The van der Waals surface area contributed by atoms with E-state index in [1.807, 2.05) is 0 Å². The normalized spacial score (nSPS) is 14.8. The molecular weight excluding hydrogens is 367 g/mol. The van der Waals surface area contributed by atoms with Gasteiger partial charge in [-0.3, -0.25) is 0 Å². The van der Waals surface area contributed by atoms with Crippen LogP contribution in [-0.4, -0.2) is 22.3 Å². The van der Waals surface area contributed by atoms with Crippen molar-refractivity contribution in [2.75, 3.05) is 6.26 Å². The van der Waals surface area contributed by atoms with Gasteiger partial charge in [0.2, 0.25) is 2.57 Å². The molecule has 1 aromatic rings. The Morgan fingerprint density at radius 1 is 1.44 bits per heavy atom. The number of benzene rings is 1. The lowest BCUT2D eigenvalue weighted by atomic mass is 10.1. The second kappa shape index (κ2) is 4.72. The van der Waals surface area contributed by atoms with Crippen LogP contribution in [0.25, 0.3) is 0 Å². The van der Waals surface area contributed by atoms with E-state index in [0.29, 0.717) is 0 Å². The number of sulfone groups is 1. The van der Waals surface area contributed by atoms with Crippen molar-refractivity contribution in [3.05, 3.63) is 35.6 Å². The van der Waals surface area contributed by atoms with Crippen molar-refractivity contribution in [1.82, 2.24) is 0 Å². The molecule has 1 N–H and O–H groups in total. The van der Waals surface area contributed by atoms with Crippen molar-refractivity contribution in [1.29, 1.82) is 0 Å². The lowest BCUT2D eigenvalue weighted by Gasteiger charge is -2.24. The quantitative estimate of drug-likeness (QED) is 0.825. The van der Waals surface area contributed by atoms with Crippen LogP contribution in [0.2, 0.25) is 0 Å². The molecule has 0 bridgehead atoms. The van der Waals surface area contributed by atoms with Gasteiger partial charge in [-0.2, -0.15) is 0 Å². The van der Waals surface area contributed by atoms with Crippen molar-refractivity contribution >= 4 is 41.7 Å². The first kappa shape index (κ1) is 14.1. The zero-order valence-electron chi connectivity index (χ0n) is 8.19. The smallest absolute Gasteiger partial charge is 0.210 e. The first-order chi connectivity index (χ1) is 7.16. The number of hydrogen-bond donors (Lipinski definition) is 1. The van der Waals surface area contributed by atoms with Crippen molar-refractivity contribution in [3.63, 3.8) is 0 Å². The van der Waals surface area contributed by atoms with Crippen LogP contribution in [0.15, 0.2) is 24.3 Å². The number of aliphatic hydroxyl groups is 1. The van der Waals surface area contributed by atoms with Crippen LogP contribution in [0.1, 0.15) is 11.7 Å². The molecule has 0 amide bonds. The molecule has 90 valence electrons. The van der Waals surface area contributed by atoms with E-state index >= 15 is 0 Å². The lowest BCUT2D eigenvalue weighted by Crippen LogP contribution is -2.31. The maximum absolute atomic E-state index is 12.9. The fourth-order valence-corrected chi connectivity index (χ4v) is 2.14. The molecule has 1 aromatic carbocycles. The Morgan fingerprint density at radius 2 is 2.00 bits per heavy atom. The van der Waals surface area contributed by atoms with Gasteiger partial charge in [0.1, 0.15) is 11.9 Å². The van der Waals surface area contributed by atoms with Gasteiger partial charge in [0, 0.05) is 6.26 Å². The zero-order chi connectivity index (χ0) is 12.6. The second-order valence-electron chi connectivity index (χ2n) is 3.29. The highest BCUT2D eigenvalue weighted by atomic mass is 79.9. The minimum Gasteiger partial charge on any atom is -0.385 e. The third kappa shape index (κ3) is 2.82. The largest absolute Gasteiger partial charge is 0.385 e. The lowest BCUT2D eigenvalue weighted by molar-refractivity contribution is 0.188. The molecule has 0 saturated carbocycles. The van der Waals surface area contributed by atoms with Crippen molar-refractivity contribution in [3.8, 4) is 0 Å². The SMILES string of the molecule is CS(=O)(=O)C(Br)(Br)[C@H](O)c1cccc(F)c1. The second-order valence-corrected chi connectivity index (χ2v) is 10.1. The van der Waals surface area contributed by atoms with Gasteiger partial charge in [-0.05, 0) is 17.7 Å². The topological polar surface area (TPSA) is 54.4 Å². The van der Waals surface area contributed by atoms with E-state index in [2.05, 4.69) is 31.9 Å². The van der Waals surface area contributed by atoms with E-state index in [4.69, 9.17) is 0 Å². The fraction of sp³-hybridized carbons (Fsp3) is 0.333. The Kier molecular flexibility index (Phi) is 4.15. The molecule has 0 aromatic heterocycles. The Hall–Kier alpha value is 0.0200. The molecule has 0 unspecified atom stereocenters. The van der Waals surface area contributed by atoms with Crippen LogP contribution in [0.5, 0.6) is 0 Å².